The smallest absolute Gasteiger partial charge is 0.200 e. The lowest BCUT2D eigenvalue weighted by Gasteiger charge is -2.25. The van der Waals surface area contributed by atoms with E-state index in [2.05, 4.69) is 21.7 Å². The van der Waals surface area contributed by atoms with Gasteiger partial charge in [0, 0.05) is 11.8 Å². The molecule has 0 spiro atoms. The molecule has 2 aromatic heterocycles. The van der Waals surface area contributed by atoms with Crippen LogP contribution < -0.4 is 0 Å². The minimum atomic E-state index is 0.526. The summed E-state index contributed by atoms with van der Waals surface area (Å²) < 4.78 is 7.85. The summed E-state index contributed by atoms with van der Waals surface area (Å²) >= 11 is 1.81. The van der Waals surface area contributed by atoms with E-state index in [1.165, 1.54) is 32.1 Å². The Morgan fingerprint density at radius 3 is 2.85 bits per heavy atom. The average molecular weight is 291 g/mol. The zero-order valence-electron chi connectivity index (χ0n) is 11.9. The van der Waals surface area contributed by atoms with E-state index in [4.69, 9.17) is 4.42 Å². The van der Waals surface area contributed by atoms with Gasteiger partial charge in [-0.3, -0.25) is 4.57 Å². The van der Waals surface area contributed by atoms with Crippen LogP contribution in [0.3, 0.4) is 0 Å². The van der Waals surface area contributed by atoms with Gasteiger partial charge in [-0.25, -0.2) is 0 Å². The maximum atomic E-state index is 5.54. The SMILES string of the molecule is CCCSc1nnc(-c2ccco2)n1C1CCCCC1. The van der Waals surface area contributed by atoms with Crippen LogP contribution in [-0.4, -0.2) is 20.5 Å². The summed E-state index contributed by atoms with van der Waals surface area (Å²) in [7, 11) is 0. The molecule has 0 amide bonds. The normalized spacial score (nSPS) is 16.6. The van der Waals surface area contributed by atoms with Gasteiger partial charge in [-0.2, -0.15) is 0 Å². The Hall–Kier alpha value is -1.23. The van der Waals surface area contributed by atoms with E-state index >= 15 is 0 Å². The Morgan fingerprint density at radius 2 is 2.15 bits per heavy atom. The van der Waals surface area contributed by atoms with Crippen molar-refractivity contribution in [2.24, 2.45) is 0 Å². The van der Waals surface area contributed by atoms with Crippen LogP contribution in [-0.2, 0) is 0 Å². The molecule has 0 N–H and O–H groups in total. The molecule has 3 rings (SSSR count). The van der Waals surface area contributed by atoms with Crippen molar-refractivity contribution in [2.75, 3.05) is 5.75 Å². The Labute approximate surface area is 124 Å². The van der Waals surface area contributed by atoms with Crippen LogP contribution in [0.25, 0.3) is 11.6 Å². The van der Waals surface area contributed by atoms with Crippen LogP contribution in [0, 0.1) is 0 Å². The van der Waals surface area contributed by atoms with Crippen molar-refractivity contribution >= 4 is 11.8 Å². The molecule has 2 aromatic rings. The Bertz CT molecular complexity index is 529. The van der Waals surface area contributed by atoms with E-state index in [1.54, 1.807) is 18.0 Å². The highest BCUT2D eigenvalue weighted by molar-refractivity contribution is 7.99. The van der Waals surface area contributed by atoms with E-state index in [1.807, 2.05) is 12.1 Å². The van der Waals surface area contributed by atoms with Crippen molar-refractivity contribution in [2.45, 2.75) is 56.6 Å². The van der Waals surface area contributed by atoms with E-state index in [0.29, 0.717) is 6.04 Å². The highest BCUT2D eigenvalue weighted by Crippen LogP contribution is 2.35. The summed E-state index contributed by atoms with van der Waals surface area (Å²) in [6, 6.07) is 4.41. The van der Waals surface area contributed by atoms with Crippen LogP contribution in [0.5, 0.6) is 0 Å². The van der Waals surface area contributed by atoms with Crippen LogP contribution in [0.1, 0.15) is 51.5 Å². The summed E-state index contributed by atoms with van der Waals surface area (Å²) in [5.41, 5.74) is 0. The van der Waals surface area contributed by atoms with Gasteiger partial charge in [0.1, 0.15) is 0 Å². The number of furan rings is 1. The maximum Gasteiger partial charge on any atom is 0.200 e. The molecule has 1 aliphatic rings. The van der Waals surface area contributed by atoms with Gasteiger partial charge in [0.25, 0.3) is 0 Å². The summed E-state index contributed by atoms with van der Waals surface area (Å²) in [5.74, 6) is 2.80. The standard InChI is InChI=1S/C15H21N3OS/c1-2-11-20-15-17-16-14(13-9-6-10-19-13)18(15)12-7-4-3-5-8-12/h6,9-10,12H,2-5,7-8,11H2,1H3. The Balaban J connectivity index is 1.95. The summed E-state index contributed by atoms with van der Waals surface area (Å²) in [4.78, 5) is 0. The third-order valence-electron chi connectivity index (χ3n) is 3.78. The van der Waals surface area contributed by atoms with Crippen molar-refractivity contribution in [1.82, 2.24) is 14.8 Å². The van der Waals surface area contributed by atoms with Gasteiger partial charge in [0.05, 0.1) is 6.26 Å². The molecule has 1 saturated carbocycles. The summed E-state index contributed by atoms with van der Waals surface area (Å²) in [6.07, 6.45) is 9.27. The van der Waals surface area contributed by atoms with Gasteiger partial charge in [0.15, 0.2) is 10.9 Å². The molecule has 5 heteroatoms. The molecule has 0 atom stereocenters. The largest absolute Gasteiger partial charge is 0.461 e. The second-order valence-electron chi connectivity index (χ2n) is 5.29. The van der Waals surface area contributed by atoms with E-state index < -0.39 is 0 Å². The van der Waals surface area contributed by atoms with Crippen LogP contribution >= 0.6 is 11.8 Å². The fourth-order valence-corrected chi connectivity index (χ4v) is 3.67. The third kappa shape index (κ3) is 2.77. The molecule has 1 aliphatic carbocycles. The lowest BCUT2D eigenvalue weighted by atomic mass is 9.95. The molecule has 1 fully saturated rings. The zero-order valence-corrected chi connectivity index (χ0v) is 12.7. The number of aromatic nitrogens is 3. The number of hydrogen-bond donors (Lipinski definition) is 0. The molecule has 0 bridgehead atoms. The van der Waals surface area contributed by atoms with Gasteiger partial charge >= 0.3 is 0 Å². The molecule has 4 nitrogen and oxygen atoms in total. The molecular weight excluding hydrogens is 270 g/mol. The van der Waals surface area contributed by atoms with Gasteiger partial charge < -0.3 is 4.42 Å². The van der Waals surface area contributed by atoms with Crippen LogP contribution in [0.4, 0.5) is 0 Å². The van der Waals surface area contributed by atoms with Crippen molar-refractivity contribution in [3.05, 3.63) is 18.4 Å². The average Bonchev–Trinajstić information content (AvgIpc) is 3.15. The topological polar surface area (TPSA) is 43.9 Å². The molecular formula is C15H21N3OS. The highest BCUT2D eigenvalue weighted by atomic mass is 32.2. The van der Waals surface area contributed by atoms with Gasteiger partial charge in [-0.15, -0.1) is 10.2 Å². The van der Waals surface area contributed by atoms with Gasteiger partial charge in [0.2, 0.25) is 5.82 Å². The lowest BCUT2D eigenvalue weighted by Crippen LogP contribution is -2.15. The minimum absolute atomic E-state index is 0.526. The molecule has 2 heterocycles. The first-order chi connectivity index (χ1) is 9.90. The predicted octanol–water partition coefficient (Wildman–Crippen LogP) is 4.55. The fraction of sp³-hybridized carbons (Fsp3) is 0.600. The summed E-state index contributed by atoms with van der Waals surface area (Å²) in [5, 5.41) is 9.83. The molecule has 0 unspecified atom stereocenters. The Morgan fingerprint density at radius 1 is 1.30 bits per heavy atom. The summed E-state index contributed by atoms with van der Waals surface area (Å²) in [6.45, 7) is 2.20. The number of thioether (sulfide) groups is 1. The van der Waals surface area contributed by atoms with Crippen molar-refractivity contribution in [3.8, 4) is 11.6 Å². The van der Waals surface area contributed by atoms with Gasteiger partial charge in [-0.1, -0.05) is 37.9 Å². The number of hydrogen-bond acceptors (Lipinski definition) is 4. The quantitative estimate of drug-likeness (QED) is 0.758. The van der Waals surface area contributed by atoms with Crippen molar-refractivity contribution in [1.29, 1.82) is 0 Å². The molecule has 0 aromatic carbocycles. The first-order valence-electron chi connectivity index (χ1n) is 7.51. The van der Waals surface area contributed by atoms with E-state index in [9.17, 15) is 0 Å². The maximum absolute atomic E-state index is 5.54. The van der Waals surface area contributed by atoms with E-state index in [-0.39, 0.29) is 0 Å². The second-order valence-corrected chi connectivity index (χ2v) is 6.36. The zero-order chi connectivity index (χ0) is 13.8. The molecule has 0 aliphatic heterocycles. The predicted molar refractivity (Wildman–Crippen MR) is 80.9 cm³/mol. The van der Waals surface area contributed by atoms with E-state index in [0.717, 1.165) is 28.9 Å². The molecule has 0 radical (unpaired) electrons. The highest BCUT2D eigenvalue weighted by Gasteiger charge is 2.24. The lowest BCUT2D eigenvalue weighted by molar-refractivity contribution is 0.337. The Kier molecular flexibility index (Phi) is 4.45. The molecule has 20 heavy (non-hydrogen) atoms. The monoisotopic (exact) mass is 291 g/mol. The van der Waals surface area contributed by atoms with Crippen molar-refractivity contribution in [3.63, 3.8) is 0 Å². The number of rotatable bonds is 5. The van der Waals surface area contributed by atoms with Crippen LogP contribution in [0.2, 0.25) is 0 Å². The first-order valence-corrected chi connectivity index (χ1v) is 8.50. The third-order valence-corrected chi connectivity index (χ3v) is 4.93. The second kappa shape index (κ2) is 6.48. The van der Waals surface area contributed by atoms with Crippen molar-refractivity contribution < 1.29 is 4.42 Å². The molecule has 108 valence electrons. The van der Waals surface area contributed by atoms with Crippen LogP contribution in [0.15, 0.2) is 28.0 Å². The van der Waals surface area contributed by atoms with Gasteiger partial charge in [-0.05, 0) is 31.4 Å². The fourth-order valence-electron chi connectivity index (χ4n) is 2.81. The number of nitrogens with zero attached hydrogens (tertiary/aromatic N) is 3. The molecule has 0 saturated heterocycles. The first kappa shape index (κ1) is 13.7. The minimum Gasteiger partial charge on any atom is -0.461 e.